The van der Waals surface area contributed by atoms with Crippen molar-refractivity contribution in [2.75, 3.05) is 65.4 Å². The second-order valence-electron chi connectivity index (χ2n) is 11.3. The lowest BCUT2D eigenvalue weighted by Crippen LogP contribution is -2.48. The van der Waals surface area contributed by atoms with Crippen molar-refractivity contribution in [1.29, 1.82) is 0 Å². The zero-order chi connectivity index (χ0) is 34.8. The summed E-state index contributed by atoms with van der Waals surface area (Å²) < 4.78 is 0. The molecule has 1 aliphatic heterocycles. The Labute approximate surface area is 272 Å². The van der Waals surface area contributed by atoms with E-state index < -0.39 is 47.6 Å². The van der Waals surface area contributed by atoms with Crippen LogP contribution in [0.15, 0.2) is 24.3 Å². The Hall–Kier alpha value is -4.61. The molecule has 4 amide bonds. The lowest BCUT2D eigenvalue weighted by molar-refractivity contribution is -0.140. The Morgan fingerprint density at radius 3 is 1.68 bits per heavy atom. The second kappa shape index (κ2) is 20.5. The minimum Gasteiger partial charge on any atom is -0.481 e. The molecule has 0 aromatic heterocycles. The van der Waals surface area contributed by atoms with Gasteiger partial charge in [-0.15, -0.1) is 0 Å². The van der Waals surface area contributed by atoms with Crippen molar-refractivity contribution in [2.45, 2.75) is 44.7 Å². The summed E-state index contributed by atoms with van der Waals surface area (Å²) in [6.07, 6.45) is -0.696. The standard InChI is InChI=1S/C30H45N7O10/c31-24(38)7-9-32-25(39)8-10-33-30(47)23(5-6-27(41)42)34-26(40)17-21-1-3-22(4-2-21)18-35-11-13-36(19-28(43)44)15-16-37(14-12-35)20-29(45)46/h1-4,23H,5-20H2,(H2,31,38)(H,32,39)(H,33,47)(H,34,40)(H,41,42)(H,43,44)(H,45,46)/t23-/m1/s1. The molecule has 0 aliphatic carbocycles. The predicted octanol–water partition coefficient (Wildman–Crippen LogP) is -2.33. The number of carboxylic acids is 3. The molecule has 17 nitrogen and oxygen atoms in total. The van der Waals surface area contributed by atoms with Gasteiger partial charge in [0.05, 0.1) is 19.5 Å². The number of nitrogens with zero attached hydrogens (tertiary/aromatic N) is 3. The van der Waals surface area contributed by atoms with Crippen molar-refractivity contribution in [1.82, 2.24) is 30.7 Å². The number of benzene rings is 1. The quantitative estimate of drug-likeness (QED) is 0.0821. The number of hydrogen-bond donors (Lipinski definition) is 7. The molecule has 8 N–H and O–H groups in total. The number of primary amides is 1. The van der Waals surface area contributed by atoms with Crippen LogP contribution in [0.25, 0.3) is 0 Å². The van der Waals surface area contributed by atoms with Crippen molar-refractivity contribution in [3.8, 4) is 0 Å². The monoisotopic (exact) mass is 663 g/mol. The van der Waals surface area contributed by atoms with Gasteiger partial charge >= 0.3 is 17.9 Å². The van der Waals surface area contributed by atoms with Crippen LogP contribution in [0.4, 0.5) is 0 Å². The van der Waals surface area contributed by atoms with Gasteiger partial charge in [0.15, 0.2) is 0 Å². The van der Waals surface area contributed by atoms with E-state index in [2.05, 4.69) is 20.9 Å². The van der Waals surface area contributed by atoms with Crippen molar-refractivity contribution in [3.05, 3.63) is 35.4 Å². The molecule has 1 atom stereocenters. The molecule has 0 bridgehead atoms. The van der Waals surface area contributed by atoms with Gasteiger partial charge in [-0.1, -0.05) is 24.3 Å². The highest BCUT2D eigenvalue weighted by Crippen LogP contribution is 2.11. The molecule has 1 heterocycles. The maximum Gasteiger partial charge on any atom is 0.317 e. The van der Waals surface area contributed by atoms with E-state index in [1.165, 1.54) is 0 Å². The van der Waals surface area contributed by atoms with Crippen LogP contribution < -0.4 is 21.7 Å². The largest absolute Gasteiger partial charge is 0.481 e. The number of carboxylic acid groups (broad SMARTS) is 3. The van der Waals surface area contributed by atoms with Crippen LogP contribution in [0, 0.1) is 0 Å². The van der Waals surface area contributed by atoms with Crippen LogP contribution >= 0.6 is 0 Å². The molecule has 0 radical (unpaired) electrons. The maximum atomic E-state index is 12.8. The first-order valence-corrected chi connectivity index (χ1v) is 15.3. The Bertz CT molecular complexity index is 1220. The number of nitrogens with one attached hydrogen (secondary N) is 3. The molecule has 47 heavy (non-hydrogen) atoms. The van der Waals surface area contributed by atoms with E-state index in [-0.39, 0.29) is 58.3 Å². The molecule has 1 aromatic rings. The van der Waals surface area contributed by atoms with Crippen LogP contribution in [-0.4, -0.2) is 143 Å². The Morgan fingerprint density at radius 1 is 0.660 bits per heavy atom. The van der Waals surface area contributed by atoms with Gasteiger partial charge in [0, 0.05) is 78.2 Å². The predicted molar refractivity (Wildman–Crippen MR) is 167 cm³/mol. The van der Waals surface area contributed by atoms with Crippen molar-refractivity contribution >= 4 is 41.5 Å². The normalized spacial score (nSPS) is 15.3. The third-order valence-corrected chi connectivity index (χ3v) is 7.35. The topological polar surface area (TPSA) is 252 Å². The van der Waals surface area contributed by atoms with Crippen LogP contribution in [0.1, 0.15) is 36.8 Å². The molecule has 2 rings (SSSR count). The van der Waals surface area contributed by atoms with Gasteiger partial charge in [-0.3, -0.25) is 48.3 Å². The van der Waals surface area contributed by atoms with Crippen LogP contribution in [0.5, 0.6) is 0 Å². The number of aliphatic carboxylic acids is 3. The summed E-state index contributed by atoms with van der Waals surface area (Å²) in [5, 5.41) is 35.2. The molecule has 260 valence electrons. The number of carbonyl (C=O) groups excluding carboxylic acids is 4. The zero-order valence-corrected chi connectivity index (χ0v) is 26.3. The van der Waals surface area contributed by atoms with E-state index in [4.69, 9.17) is 10.8 Å². The highest BCUT2D eigenvalue weighted by molar-refractivity contribution is 5.89. The number of amides is 4. The first-order chi connectivity index (χ1) is 22.3. The summed E-state index contributed by atoms with van der Waals surface area (Å²) >= 11 is 0. The summed E-state index contributed by atoms with van der Waals surface area (Å²) in [5.74, 6) is -5.14. The number of rotatable bonds is 19. The molecule has 1 saturated heterocycles. The molecular formula is C30H45N7O10. The fourth-order valence-electron chi connectivity index (χ4n) is 4.86. The number of carbonyl (C=O) groups is 7. The average molecular weight is 664 g/mol. The van der Waals surface area contributed by atoms with E-state index >= 15 is 0 Å². The lowest BCUT2D eigenvalue weighted by Gasteiger charge is -2.25. The minimum absolute atomic E-state index is 0.0212. The van der Waals surface area contributed by atoms with Crippen LogP contribution in [-0.2, 0) is 46.5 Å². The van der Waals surface area contributed by atoms with E-state index in [1.807, 2.05) is 12.1 Å². The highest BCUT2D eigenvalue weighted by atomic mass is 16.4. The summed E-state index contributed by atoms with van der Waals surface area (Å²) in [6, 6.07) is 6.10. The molecule has 1 aromatic carbocycles. The summed E-state index contributed by atoms with van der Waals surface area (Å²) in [4.78, 5) is 87.5. The average Bonchev–Trinajstić information content (AvgIpc) is 3.06. The second-order valence-corrected chi connectivity index (χ2v) is 11.3. The molecular weight excluding hydrogens is 618 g/mol. The Morgan fingerprint density at radius 2 is 1.17 bits per heavy atom. The number of nitrogens with two attached hydrogens (primary N) is 1. The van der Waals surface area contributed by atoms with Crippen molar-refractivity contribution in [2.24, 2.45) is 5.73 Å². The van der Waals surface area contributed by atoms with E-state index in [0.29, 0.717) is 51.4 Å². The van der Waals surface area contributed by atoms with Gasteiger partial charge in [0.1, 0.15) is 6.04 Å². The fraction of sp³-hybridized carbons (Fsp3) is 0.567. The van der Waals surface area contributed by atoms with E-state index in [0.717, 1.165) is 5.56 Å². The Kier molecular flexibility index (Phi) is 16.8. The lowest BCUT2D eigenvalue weighted by atomic mass is 10.1. The number of hydrogen-bond acceptors (Lipinski definition) is 10. The highest BCUT2D eigenvalue weighted by Gasteiger charge is 2.23. The summed E-state index contributed by atoms with van der Waals surface area (Å²) in [5.41, 5.74) is 6.60. The first kappa shape index (κ1) is 38.6. The fourth-order valence-corrected chi connectivity index (χ4v) is 4.86. The van der Waals surface area contributed by atoms with Gasteiger partial charge in [-0.25, -0.2) is 0 Å². The molecule has 1 fully saturated rings. The van der Waals surface area contributed by atoms with Crippen molar-refractivity contribution < 1.29 is 48.9 Å². The minimum atomic E-state index is -1.14. The van der Waals surface area contributed by atoms with Gasteiger partial charge in [-0.2, -0.15) is 0 Å². The molecule has 17 heteroatoms. The SMILES string of the molecule is NC(=O)CCNC(=O)CCNC(=O)[C@@H](CCC(=O)O)NC(=O)Cc1ccc(CN2CCN(CC(=O)O)CCN(CC(=O)O)CC2)cc1. The zero-order valence-electron chi connectivity index (χ0n) is 26.3. The van der Waals surface area contributed by atoms with Crippen molar-refractivity contribution in [3.63, 3.8) is 0 Å². The van der Waals surface area contributed by atoms with Crippen LogP contribution in [0.2, 0.25) is 0 Å². The molecule has 0 unspecified atom stereocenters. The van der Waals surface area contributed by atoms with Gasteiger partial charge < -0.3 is 37.0 Å². The van der Waals surface area contributed by atoms with Gasteiger partial charge in [-0.05, 0) is 17.5 Å². The Balaban J connectivity index is 1.94. The molecule has 1 aliphatic rings. The van der Waals surface area contributed by atoms with Gasteiger partial charge in [0.25, 0.3) is 0 Å². The summed E-state index contributed by atoms with van der Waals surface area (Å²) in [7, 11) is 0. The van der Waals surface area contributed by atoms with E-state index in [9.17, 15) is 43.8 Å². The molecule has 0 spiro atoms. The van der Waals surface area contributed by atoms with Crippen LogP contribution in [0.3, 0.4) is 0 Å². The summed E-state index contributed by atoms with van der Waals surface area (Å²) in [6.45, 7) is 3.32. The maximum absolute atomic E-state index is 12.8. The first-order valence-electron chi connectivity index (χ1n) is 15.3. The van der Waals surface area contributed by atoms with E-state index in [1.54, 1.807) is 21.9 Å². The van der Waals surface area contributed by atoms with Gasteiger partial charge in [0.2, 0.25) is 23.6 Å². The third-order valence-electron chi connectivity index (χ3n) is 7.35. The molecule has 0 saturated carbocycles. The third kappa shape index (κ3) is 17.0. The smallest absolute Gasteiger partial charge is 0.317 e.